The van der Waals surface area contributed by atoms with Gasteiger partial charge in [0.25, 0.3) is 5.91 Å². The van der Waals surface area contributed by atoms with Gasteiger partial charge in [-0.1, -0.05) is 23.2 Å². The molecule has 6 nitrogen and oxygen atoms in total. The van der Waals surface area contributed by atoms with Crippen LogP contribution in [0.4, 0.5) is 0 Å². The lowest BCUT2D eigenvalue weighted by atomic mass is 10.2. The largest absolute Gasteiger partial charge is 0.351 e. The molecule has 0 aromatic heterocycles. The highest BCUT2D eigenvalue weighted by atomic mass is 35.5. The predicted molar refractivity (Wildman–Crippen MR) is 92.2 cm³/mol. The average Bonchev–Trinajstić information content (AvgIpc) is 2.54. The minimum Gasteiger partial charge on any atom is -0.351 e. The van der Waals surface area contributed by atoms with Gasteiger partial charge in [-0.3, -0.25) is 14.4 Å². The van der Waals surface area contributed by atoms with Gasteiger partial charge in [0.2, 0.25) is 11.8 Å². The van der Waals surface area contributed by atoms with Gasteiger partial charge in [-0.25, -0.2) is 0 Å². The quantitative estimate of drug-likeness (QED) is 0.877. The topological polar surface area (TPSA) is 69.7 Å². The molecule has 24 heavy (non-hydrogen) atoms. The maximum absolute atomic E-state index is 12.1. The number of carbonyl (C=O) groups is 3. The first-order chi connectivity index (χ1) is 11.4. The maximum Gasteiger partial charge on any atom is 0.252 e. The van der Waals surface area contributed by atoms with Gasteiger partial charge in [0.15, 0.2) is 0 Å². The zero-order valence-electron chi connectivity index (χ0n) is 13.3. The highest BCUT2D eigenvalue weighted by molar-refractivity contribution is 6.36. The Morgan fingerprint density at radius 1 is 1.08 bits per heavy atom. The summed E-state index contributed by atoms with van der Waals surface area (Å²) in [7, 11) is 0. The van der Waals surface area contributed by atoms with Gasteiger partial charge in [-0.2, -0.15) is 0 Å². The van der Waals surface area contributed by atoms with Crippen molar-refractivity contribution in [1.82, 2.24) is 15.1 Å². The van der Waals surface area contributed by atoms with Crippen LogP contribution in [0, 0.1) is 0 Å². The smallest absolute Gasteiger partial charge is 0.252 e. The van der Waals surface area contributed by atoms with Gasteiger partial charge < -0.3 is 15.1 Å². The van der Waals surface area contributed by atoms with Crippen molar-refractivity contribution in [2.45, 2.75) is 13.3 Å². The van der Waals surface area contributed by atoms with Crippen LogP contribution in [0.1, 0.15) is 23.7 Å². The molecular weight excluding hydrogens is 353 g/mol. The van der Waals surface area contributed by atoms with Crippen molar-refractivity contribution in [2.24, 2.45) is 0 Å². The van der Waals surface area contributed by atoms with Crippen LogP contribution < -0.4 is 5.32 Å². The van der Waals surface area contributed by atoms with Crippen molar-refractivity contribution in [1.29, 1.82) is 0 Å². The minimum atomic E-state index is -0.342. The molecule has 0 atom stereocenters. The van der Waals surface area contributed by atoms with E-state index in [1.54, 1.807) is 21.9 Å². The molecule has 0 saturated carbocycles. The number of halogens is 2. The van der Waals surface area contributed by atoms with Crippen LogP contribution in [0.3, 0.4) is 0 Å². The van der Waals surface area contributed by atoms with Gasteiger partial charge in [-0.15, -0.1) is 0 Å². The van der Waals surface area contributed by atoms with Crippen molar-refractivity contribution in [2.75, 3.05) is 32.7 Å². The van der Waals surface area contributed by atoms with Gasteiger partial charge in [0.1, 0.15) is 0 Å². The fraction of sp³-hybridized carbons (Fsp3) is 0.438. The van der Waals surface area contributed by atoms with Crippen molar-refractivity contribution in [3.05, 3.63) is 33.8 Å². The van der Waals surface area contributed by atoms with Crippen LogP contribution in [-0.4, -0.2) is 60.2 Å². The normalized spacial score (nSPS) is 14.5. The zero-order chi connectivity index (χ0) is 17.7. The Hall–Kier alpha value is -1.79. The molecule has 0 bridgehead atoms. The zero-order valence-corrected chi connectivity index (χ0v) is 14.9. The van der Waals surface area contributed by atoms with Crippen LogP contribution in [-0.2, 0) is 9.59 Å². The summed E-state index contributed by atoms with van der Waals surface area (Å²) in [6.45, 7) is 3.89. The van der Waals surface area contributed by atoms with E-state index in [2.05, 4.69) is 5.32 Å². The highest BCUT2D eigenvalue weighted by Crippen LogP contribution is 2.20. The first kappa shape index (κ1) is 18.5. The first-order valence-electron chi connectivity index (χ1n) is 7.65. The maximum atomic E-state index is 12.1. The Bertz CT molecular complexity index is 643. The number of piperazine rings is 1. The monoisotopic (exact) mass is 371 g/mol. The standard InChI is InChI=1S/C16H19Cl2N3O3/c1-11(22)20-6-8-21(9-7-20)15(23)4-5-19-16(24)13-3-2-12(17)10-14(13)18/h2-3,10H,4-9H2,1H3,(H,19,24). The van der Waals surface area contributed by atoms with E-state index in [9.17, 15) is 14.4 Å². The number of hydrogen-bond acceptors (Lipinski definition) is 3. The summed E-state index contributed by atoms with van der Waals surface area (Å²) in [5.74, 6) is -0.360. The summed E-state index contributed by atoms with van der Waals surface area (Å²) in [5, 5.41) is 3.40. The molecule has 1 saturated heterocycles. The van der Waals surface area contributed by atoms with E-state index in [1.807, 2.05) is 0 Å². The fourth-order valence-electron chi connectivity index (χ4n) is 2.48. The molecule has 1 aliphatic rings. The van der Waals surface area contributed by atoms with Gasteiger partial charge in [-0.05, 0) is 18.2 Å². The van der Waals surface area contributed by atoms with E-state index in [0.29, 0.717) is 36.8 Å². The number of hydrogen-bond donors (Lipinski definition) is 1. The molecule has 1 aromatic carbocycles. The molecule has 130 valence electrons. The summed E-state index contributed by atoms with van der Waals surface area (Å²) in [5.41, 5.74) is 0.323. The van der Waals surface area contributed by atoms with E-state index >= 15 is 0 Å². The van der Waals surface area contributed by atoms with E-state index < -0.39 is 0 Å². The molecule has 1 heterocycles. The molecule has 1 fully saturated rings. The summed E-state index contributed by atoms with van der Waals surface area (Å²) in [6, 6.07) is 4.63. The van der Waals surface area contributed by atoms with Crippen LogP contribution in [0.15, 0.2) is 18.2 Å². The molecule has 1 N–H and O–H groups in total. The molecule has 0 aliphatic carbocycles. The summed E-state index contributed by atoms with van der Waals surface area (Å²) in [4.78, 5) is 38.9. The summed E-state index contributed by atoms with van der Waals surface area (Å²) >= 11 is 11.8. The van der Waals surface area contributed by atoms with Crippen molar-refractivity contribution < 1.29 is 14.4 Å². The van der Waals surface area contributed by atoms with Crippen LogP contribution in [0.25, 0.3) is 0 Å². The lowest BCUT2D eigenvalue weighted by Gasteiger charge is -2.34. The van der Waals surface area contributed by atoms with Crippen LogP contribution >= 0.6 is 23.2 Å². The Morgan fingerprint density at radius 3 is 2.29 bits per heavy atom. The van der Waals surface area contributed by atoms with E-state index in [1.165, 1.54) is 13.0 Å². The van der Waals surface area contributed by atoms with Gasteiger partial charge in [0, 0.05) is 51.1 Å². The van der Waals surface area contributed by atoms with E-state index in [-0.39, 0.29) is 35.7 Å². The SMILES string of the molecule is CC(=O)N1CCN(C(=O)CCNC(=O)c2ccc(Cl)cc2Cl)CC1. The van der Waals surface area contributed by atoms with Gasteiger partial charge >= 0.3 is 0 Å². The lowest BCUT2D eigenvalue weighted by molar-refractivity contribution is -0.138. The molecule has 1 aliphatic heterocycles. The van der Waals surface area contributed by atoms with Crippen molar-refractivity contribution >= 4 is 40.9 Å². The third kappa shape index (κ3) is 4.85. The number of rotatable bonds is 4. The van der Waals surface area contributed by atoms with Crippen LogP contribution in [0.5, 0.6) is 0 Å². The molecule has 3 amide bonds. The second-order valence-electron chi connectivity index (χ2n) is 5.52. The number of amides is 3. The molecular formula is C16H19Cl2N3O3. The average molecular weight is 372 g/mol. The van der Waals surface area contributed by atoms with Crippen molar-refractivity contribution in [3.8, 4) is 0 Å². The van der Waals surface area contributed by atoms with E-state index in [4.69, 9.17) is 23.2 Å². The first-order valence-corrected chi connectivity index (χ1v) is 8.40. The van der Waals surface area contributed by atoms with E-state index in [0.717, 1.165) is 0 Å². The third-order valence-corrected chi connectivity index (χ3v) is 4.43. The molecule has 0 unspecified atom stereocenters. The molecule has 0 radical (unpaired) electrons. The number of nitrogens with zero attached hydrogens (tertiary/aromatic N) is 2. The van der Waals surface area contributed by atoms with Gasteiger partial charge in [0.05, 0.1) is 10.6 Å². The Balaban J connectivity index is 1.76. The number of carbonyl (C=O) groups excluding carboxylic acids is 3. The summed E-state index contributed by atoms with van der Waals surface area (Å²) < 4.78 is 0. The van der Waals surface area contributed by atoms with Crippen molar-refractivity contribution in [3.63, 3.8) is 0 Å². The van der Waals surface area contributed by atoms with Crippen LogP contribution in [0.2, 0.25) is 10.0 Å². The second-order valence-corrected chi connectivity index (χ2v) is 6.36. The molecule has 1 aromatic rings. The molecule has 0 spiro atoms. The third-order valence-electron chi connectivity index (χ3n) is 3.88. The highest BCUT2D eigenvalue weighted by Gasteiger charge is 2.22. The fourth-order valence-corrected chi connectivity index (χ4v) is 2.97. The Labute approximate surface area is 150 Å². The number of benzene rings is 1. The summed E-state index contributed by atoms with van der Waals surface area (Å²) in [6.07, 6.45) is 0.205. The Kier molecular flexibility index (Phi) is 6.45. The predicted octanol–water partition coefficient (Wildman–Crippen LogP) is 1.80. The minimum absolute atomic E-state index is 0.0224. The lowest BCUT2D eigenvalue weighted by Crippen LogP contribution is -2.50. The number of nitrogens with one attached hydrogen (secondary N) is 1. The molecule has 2 rings (SSSR count). The molecule has 8 heteroatoms. The Morgan fingerprint density at radius 2 is 1.71 bits per heavy atom. The second kappa shape index (κ2) is 8.35.